The lowest BCUT2D eigenvalue weighted by molar-refractivity contribution is -0.122. The Kier molecular flexibility index (Phi) is 7.00. The van der Waals surface area contributed by atoms with Gasteiger partial charge in [0.05, 0.1) is 34.4 Å². The number of hydrogen-bond donors (Lipinski definition) is 1. The van der Waals surface area contributed by atoms with Crippen LogP contribution in [0.15, 0.2) is 16.5 Å². The first-order valence-electron chi connectivity index (χ1n) is 8.48. The Balaban J connectivity index is 2.14. The maximum Gasteiger partial charge on any atom is 0.248 e. The molecule has 0 radical (unpaired) electrons. The minimum Gasteiger partial charge on any atom is -0.493 e. The highest BCUT2D eigenvalue weighted by molar-refractivity contribution is 5.78. The lowest BCUT2D eigenvalue weighted by Crippen LogP contribution is -2.38. The summed E-state index contributed by atoms with van der Waals surface area (Å²) in [7, 11) is 6.42. The van der Waals surface area contributed by atoms with E-state index in [4.69, 9.17) is 18.6 Å². The maximum atomic E-state index is 11.8. The Hall–Kier alpha value is -2.81. The fourth-order valence-corrected chi connectivity index (χ4v) is 2.54. The van der Waals surface area contributed by atoms with E-state index < -0.39 is 0 Å². The van der Waals surface area contributed by atoms with Crippen molar-refractivity contribution in [2.45, 2.75) is 26.4 Å². The van der Waals surface area contributed by atoms with Crippen molar-refractivity contribution in [2.24, 2.45) is 0 Å². The molecule has 2 aromatic rings. The number of hydrogen-bond acceptors (Lipinski definition) is 8. The Morgan fingerprint density at radius 1 is 1.15 bits per heavy atom. The summed E-state index contributed by atoms with van der Waals surface area (Å²) in [5.41, 5.74) is 0.642. The number of aromatic nitrogens is 2. The van der Waals surface area contributed by atoms with Gasteiger partial charge in [0.2, 0.25) is 23.4 Å². The Morgan fingerprint density at radius 2 is 1.78 bits per heavy atom. The predicted molar refractivity (Wildman–Crippen MR) is 99.0 cm³/mol. The van der Waals surface area contributed by atoms with Crippen LogP contribution in [0.1, 0.15) is 19.7 Å². The Morgan fingerprint density at radius 3 is 2.30 bits per heavy atom. The van der Waals surface area contributed by atoms with Gasteiger partial charge in [-0.2, -0.15) is 0 Å². The highest BCUT2D eigenvalue weighted by Crippen LogP contribution is 2.40. The summed E-state index contributed by atoms with van der Waals surface area (Å²) < 4.78 is 21.7. The monoisotopic (exact) mass is 378 g/mol. The van der Waals surface area contributed by atoms with Crippen LogP contribution in [-0.2, 0) is 11.3 Å². The molecule has 0 atom stereocenters. The van der Waals surface area contributed by atoms with E-state index in [9.17, 15) is 4.79 Å². The van der Waals surface area contributed by atoms with Crippen molar-refractivity contribution in [3.05, 3.63) is 18.0 Å². The van der Waals surface area contributed by atoms with Gasteiger partial charge in [-0.15, -0.1) is 10.2 Å². The SMILES string of the molecule is COc1cc(-c2nnc(CN(C)CC(=O)NC(C)C)o2)cc(OC)c1OC. The lowest BCUT2D eigenvalue weighted by atomic mass is 10.2. The van der Waals surface area contributed by atoms with Gasteiger partial charge in [-0.3, -0.25) is 9.69 Å². The number of ether oxygens (including phenoxy) is 3. The lowest BCUT2D eigenvalue weighted by Gasteiger charge is -2.15. The van der Waals surface area contributed by atoms with Crippen molar-refractivity contribution in [1.82, 2.24) is 20.4 Å². The second kappa shape index (κ2) is 9.22. The van der Waals surface area contributed by atoms with Gasteiger partial charge in [-0.25, -0.2) is 0 Å². The number of methoxy groups -OCH3 is 3. The summed E-state index contributed by atoms with van der Waals surface area (Å²) >= 11 is 0. The zero-order chi connectivity index (χ0) is 20.0. The molecule has 0 saturated heterocycles. The van der Waals surface area contributed by atoms with Crippen LogP contribution in [0.3, 0.4) is 0 Å². The molecule has 0 saturated carbocycles. The minimum atomic E-state index is -0.0585. The first-order valence-corrected chi connectivity index (χ1v) is 8.48. The second-order valence-corrected chi connectivity index (χ2v) is 6.31. The number of carbonyl (C=O) groups is 1. The largest absolute Gasteiger partial charge is 0.493 e. The molecule has 1 amide bonds. The average Bonchev–Trinajstić information content (AvgIpc) is 3.07. The van der Waals surface area contributed by atoms with Crippen molar-refractivity contribution in [3.8, 4) is 28.7 Å². The summed E-state index contributed by atoms with van der Waals surface area (Å²) in [6.07, 6.45) is 0. The fraction of sp³-hybridized carbons (Fsp3) is 0.500. The van der Waals surface area contributed by atoms with Crippen molar-refractivity contribution in [3.63, 3.8) is 0 Å². The van der Waals surface area contributed by atoms with Gasteiger partial charge < -0.3 is 23.9 Å². The van der Waals surface area contributed by atoms with E-state index in [-0.39, 0.29) is 18.5 Å². The van der Waals surface area contributed by atoms with E-state index in [2.05, 4.69) is 15.5 Å². The number of amides is 1. The maximum absolute atomic E-state index is 11.8. The van der Waals surface area contributed by atoms with E-state index in [0.29, 0.717) is 41.1 Å². The van der Waals surface area contributed by atoms with E-state index in [0.717, 1.165) is 0 Å². The summed E-state index contributed by atoms with van der Waals surface area (Å²) in [5.74, 6) is 2.14. The van der Waals surface area contributed by atoms with Gasteiger partial charge in [-0.1, -0.05) is 0 Å². The van der Waals surface area contributed by atoms with Crippen LogP contribution in [-0.4, -0.2) is 62.0 Å². The number of nitrogens with zero attached hydrogens (tertiary/aromatic N) is 3. The van der Waals surface area contributed by atoms with Gasteiger partial charge in [0, 0.05) is 11.6 Å². The molecule has 0 unspecified atom stereocenters. The van der Waals surface area contributed by atoms with Gasteiger partial charge in [-0.05, 0) is 33.0 Å². The smallest absolute Gasteiger partial charge is 0.248 e. The molecule has 1 aromatic carbocycles. The molecular formula is C18H26N4O5. The van der Waals surface area contributed by atoms with Crippen LogP contribution in [0.2, 0.25) is 0 Å². The van der Waals surface area contributed by atoms with Crippen molar-refractivity contribution < 1.29 is 23.4 Å². The van der Waals surface area contributed by atoms with Crippen LogP contribution < -0.4 is 19.5 Å². The summed E-state index contributed by atoms with van der Waals surface area (Å²) in [4.78, 5) is 13.6. The molecule has 2 rings (SSSR count). The summed E-state index contributed by atoms with van der Waals surface area (Å²) in [6.45, 7) is 4.42. The van der Waals surface area contributed by atoms with Crippen LogP contribution >= 0.6 is 0 Å². The second-order valence-electron chi connectivity index (χ2n) is 6.31. The topological polar surface area (TPSA) is 99.0 Å². The van der Waals surface area contributed by atoms with Crippen LogP contribution in [0, 0.1) is 0 Å². The third-order valence-corrected chi connectivity index (χ3v) is 3.65. The molecule has 0 bridgehead atoms. The Labute approximate surface area is 158 Å². The highest BCUT2D eigenvalue weighted by Gasteiger charge is 2.18. The number of likely N-dealkylation sites (N-methyl/N-ethyl adjacent to an activating group) is 1. The zero-order valence-electron chi connectivity index (χ0n) is 16.5. The molecule has 1 aromatic heterocycles. The number of rotatable bonds is 9. The summed E-state index contributed by atoms with van der Waals surface area (Å²) in [6, 6.07) is 3.57. The van der Waals surface area contributed by atoms with Crippen LogP contribution in [0.4, 0.5) is 0 Å². The predicted octanol–water partition coefficient (Wildman–Crippen LogP) is 1.72. The molecule has 0 aliphatic carbocycles. The summed E-state index contributed by atoms with van der Waals surface area (Å²) in [5, 5.41) is 11.0. The number of nitrogens with one attached hydrogen (secondary N) is 1. The van der Waals surface area contributed by atoms with Gasteiger partial charge in [0.25, 0.3) is 0 Å². The molecule has 1 N–H and O–H groups in total. The standard InChI is InChI=1S/C18H26N4O5/c1-11(2)19-15(23)9-22(3)10-16-20-21-18(27-16)12-7-13(24-4)17(26-6)14(8-12)25-5/h7-8,11H,9-10H2,1-6H3,(H,19,23). The quantitative estimate of drug-likeness (QED) is 0.704. The third-order valence-electron chi connectivity index (χ3n) is 3.65. The fourth-order valence-electron chi connectivity index (χ4n) is 2.54. The molecule has 9 heteroatoms. The van der Waals surface area contributed by atoms with E-state index >= 15 is 0 Å². The van der Waals surface area contributed by atoms with Gasteiger partial charge >= 0.3 is 0 Å². The molecular weight excluding hydrogens is 352 g/mol. The number of carbonyl (C=O) groups excluding carboxylic acids is 1. The first kappa shape index (κ1) is 20.5. The van der Waals surface area contributed by atoms with Crippen molar-refractivity contribution >= 4 is 5.91 Å². The third kappa shape index (κ3) is 5.33. The highest BCUT2D eigenvalue weighted by atomic mass is 16.5. The van der Waals surface area contributed by atoms with Crippen LogP contribution in [0.25, 0.3) is 11.5 Å². The molecule has 9 nitrogen and oxygen atoms in total. The molecule has 0 fully saturated rings. The van der Waals surface area contributed by atoms with Gasteiger partial charge in [0.15, 0.2) is 11.5 Å². The Bertz CT molecular complexity index is 750. The normalized spacial score (nSPS) is 11.0. The van der Waals surface area contributed by atoms with Gasteiger partial charge in [0.1, 0.15) is 0 Å². The van der Waals surface area contributed by atoms with Crippen molar-refractivity contribution in [1.29, 1.82) is 0 Å². The first-order chi connectivity index (χ1) is 12.9. The van der Waals surface area contributed by atoms with E-state index in [1.54, 1.807) is 17.0 Å². The molecule has 27 heavy (non-hydrogen) atoms. The molecule has 1 heterocycles. The van der Waals surface area contributed by atoms with E-state index in [1.807, 2.05) is 20.9 Å². The van der Waals surface area contributed by atoms with Crippen molar-refractivity contribution in [2.75, 3.05) is 34.9 Å². The average molecular weight is 378 g/mol. The molecule has 0 spiro atoms. The van der Waals surface area contributed by atoms with Crippen LogP contribution in [0.5, 0.6) is 17.2 Å². The number of benzene rings is 1. The van der Waals surface area contributed by atoms with E-state index in [1.165, 1.54) is 21.3 Å². The zero-order valence-corrected chi connectivity index (χ0v) is 16.5. The minimum absolute atomic E-state index is 0.0585. The molecule has 0 aliphatic heterocycles. The molecule has 148 valence electrons. The molecule has 0 aliphatic rings.